The highest BCUT2D eigenvalue weighted by molar-refractivity contribution is 8.00. The van der Waals surface area contributed by atoms with Crippen molar-refractivity contribution in [1.29, 1.82) is 0 Å². The van der Waals surface area contributed by atoms with Crippen molar-refractivity contribution in [2.45, 2.75) is 5.03 Å². The lowest BCUT2D eigenvalue weighted by Gasteiger charge is -2.26. The van der Waals surface area contributed by atoms with E-state index in [4.69, 9.17) is 4.74 Å². The fourth-order valence-corrected chi connectivity index (χ4v) is 5.29. The summed E-state index contributed by atoms with van der Waals surface area (Å²) in [5.41, 5.74) is 2.28. The number of ether oxygens (including phenoxy) is 1. The fourth-order valence-electron chi connectivity index (χ4n) is 3.36. The van der Waals surface area contributed by atoms with Crippen molar-refractivity contribution in [2.75, 3.05) is 24.3 Å². The lowest BCUT2D eigenvalue weighted by Crippen LogP contribution is -2.35. The van der Waals surface area contributed by atoms with Crippen LogP contribution >= 0.6 is 23.1 Å². The highest BCUT2D eigenvalue weighted by Crippen LogP contribution is 2.37. The largest absolute Gasteiger partial charge is 0.482 e. The second-order valence-corrected chi connectivity index (χ2v) is 9.00. The van der Waals surface area contributed by atoms with E-state index in [-0.39, 0.29) is 24.1 Å². The molecule has 1 aliphatic rings. The number of nitrogens with zero attached hydrogens (tertiary/aromatic N) is 3. The van der Waals surface area contributed by atoms with Crippen LogP contribution in [0.25, 0.3) is 20.7 Å². The Bertz CT molecular complexity index is 1300. The SMILES string of the molecule is CN1C(=O)COc2ccc(C(=O)CSc3ncnc4sc(-c5ccccc5)cc34)cc21. The molecule has 0 N–H and O–H groups in total. The number of thioether (sulfide) groups is 1. The molecule has 0 fully saturated rings. The van der Waals surface area contributed by atoms with Crippen molar-refractivity contribution in [3.05, 3.63) is 66.5 Å². The summed E-state index contributed by atoms with van der Waals surface area (Å²) in [4.78, 5) is 37.1. The van der Waals surface area contributed by atoms with E-state index >= 15 is 0 Å². The minimum absolute atomic E-state index is 0.0158. The van der Waals surface area contributed by atoms with E-state index in [1.54, 1.807) is 36.6 Å². The minimum Gasteiger partial charge on any atom is -0.482 e. The van der Waals surface area contributed by atoms with Gasteiger partial charge in [-0.05, 0) is 29.8 Å². The van der Waals surface area contributed by atoms with Crippen molar-refractivity contribution < 1.29 is 14.3 Å². The first-order valence-corrected chi connectivity index (χ1v) is 11.4. The average Bonchev–Trinajstić information content (AvgIpc) is 3.25. The zero-order valence-electron chi connectivity index (χ0n) is 16.6. The smallest absolute Gasteiger partial charge is 0.264 e. The molecule has 3 heterocycles. The summed E-state index contributed by atoms with van der Waals surface area (Å²) in [7, 11) is 1.69. The first kappa shape index (κ1) is 19.7. The van der Waals surface area contributed by atoms with Gasteiger partial charge in [0.25, 0.3) is 5.91 Å². The van der Waals surface area contributed by atoms with Gasteiger partial charge in [-0.3, -0.25) is 9.59 Å². The molecular weight excluding hydrogens is 430 g/mol. The molecule has 8 heteroatoms. The highest BCUT2D eigenvalue weighted by Gasteiger charge is 2.23. The molecule has 0 saturated heterocycles. The third-order valence-corrected chi connectivity index (χ3v) is 7.16. The van der Waals surface area contributed by atoms with Crippen molar-refractivity contribution in [2.24, 2.45) is 0 Å². The monoisotopic (exact) mass is 447 g/mol. The lowest BCUT2D eigenvalue weighted by molar-refractivity contribution is -0.120. The molecule has 154 valence electrons. The number of thiophene rings is 1. The Kier molecular flexibility index (Phi) is 5.17. The second kappa shape index (κ2) is 8.13. The van der Waals surface area contributed by atoms with Crippen LogP contribution < -0.4 is 9.64 Å². The zero-order chi connectivity index (χ0) is 21.4. The van der Waals surface area contributed by atoms with E-state index in [1.165, 1.54) is 23.0 Å². The van der Waals surface area contributed by atoms with Gasteiger partial charge < -0.3 is 9.64 Å². The van der Waals surface area contributed by atoms with Gasteiger partial charge in [-0.2, -0.15) is 0 Å². The van der Waals surface area contributed by atoms with Crippen LogP contribution in [0.15, 0.2) is 66.0 Å². The fraction of sp³-hybridized carbons (Fsp3) is 0.130. The Morgan fingerprint density at radius 1 is 1.16 bits per heavy atom. The molecule has 5 rings (SSSR count). The van der Waals surface area contributed by atoms with Gasteiger partial charge in [-0.1, -0.05) is 42.1 Å². The molecule has 0 bridgehead atoms. The predicted molar refractivity (Wildman–Crippen MR) is 123 cm³/mol. The molecule has 0 spiro atoms. The van der Waals surface area contributed by atoms with Gasteiger partial charge in [-0.15, -0.1) is 11.3 Å². The summed E-state index contributed by atoms with van der Waals surface area (Å²) in [6.45, 7) is 0.0158. The van der Waals surface area contributed by atoms with E-state index in [2.05, 4.69) is 28.2 Å². The number of carbonyl (C=O) groups is 2. The Morgan fingerprint density at radius 3 is 2.84 bits per heavy atom. The number of Topliss-reactive ketones (excluding diaryl/α,β-unsaturated/α-hetero) is 1. The third-order valence-electron chi connectivity index (χ3n) is 5.06. The quantitative estimate of drug-likeness (QED) is 0.251. The Balaban J connectivity index is 1.37. The summed E-state index contributed by atoms with van der Waals surface area (Å²) in [5.74, 6) is 0.668. The molecular formula is C23H17N3O3S2. The number of benzene rings is 2. The topological polar surface area (TPSA) is 72.4 Å². The molecule has 0 atom stereocenters. The standard InChI is InChI=1S/C23H17N3O3S2/c1-26-17-9-15(7-8-19(17)29-11-21(26)28)18(27)12-30-22-16-10-20(14-5-3-2-4-6-14)31-23(16)25-13-24-22/h2-10,13H,11-12H2,1H3. The van der Waals surface area contributed by atoms with Gasteiger partial charge in [0.2, 0.25) is 0 Å². The van der Waals surface area contributed by atoms with Gasteiger partial charge >= 0.3 is 0 Å². The summed E-state index contributed by atoms with van der Waals surface area (Å²) < 4.78 is 5.43. The first-order chi connectivity index (χ1) is 15.1. The first-order valence-electron chi connectivity index (χ1n) is 9.59. The van der Waals surface area contributed by atoms with Crippen LogP contribution in [0.2, 0.25) is 0 Å². The van der Waals surface area contributed by atoms with Crippen molar-refractivity contribution in [3.8, 4) is 16.2 Å². The van der Waals surface area contributed by atoms with Gasteiger partial charge in [0.15, 0.2) is 12.4 Å². The maximum Gasteiger partial charge on any atom is 0.264 e. The maximum absolute atomic E-state index is 12.8. The molecule has 1 aliphatic heterocycles. The van der Waals surface area contributed by atoms with E-state index in [9.17, 15) is 9.59 Å². The maximum atomic E-state index is 12.8. The number of hydrogen-bond donors (Lipinski definition) is 0. The van der Waals surface area contributed by atoms with Crippen LogP contribution in [0.5, 0.6) is 5.75 Å². The molecule has 1 amide bonds. The van der Waals surface area contributed by atoms with Crippen LogP contribution in [0, 0.1) is 0 Å². The average molecular weight is 448 g/mol. The van der Waals surface area contributed by atoms with Crippen molar-refractivity contribution in [3.63, 3.8) is 0 Å². The number of fused-ring (bicyclic) bond motifs is 2. The molecule has 31 heavy (non-hydrogen) atoms. The van der Waals surface area contributed by atoms with Crippen LogP contribution in [0.4, 0.5) is 5.69 Å². The molecule has 0 radical (unpaired) electrons. The van der Waals surface area contributed by atoms with E-state index in [0.29, 0.717) is 17.0 Å². The zero-order valence-corrected chi connectivity index (χ0v) is 18.2. The number of aromatic nitrogens is 2. The molecule has 2 aromatic carbocycles. The number of carbonyl (C=O) groups excluding carboxylic acids is 2. The van der Waals surface area contributed by atoms with Gasteiger partial charge in [0.1, 0.15) is 21.9 Å². The number of amides is 1. The third kappa shape index (κ3) is 3.80. The number of rotatable bonds is 5. The summed E-state index contributed by atoms with van der Waals surface area (Å²) in [5, 5.41) is 1.73. The summed E-state index contributed by atoms with van der Waals surface area (Å²) in [6.07, 6.45) is 1.54. The Morgan fingerprint density at radius 2 is 2.00 bits per heavy atom. The second-order valence-electron chi connectivity index (χ2n) is 7.01. The predicted octanol–water partition coefficient (Wildman–Crippen LogP) is 4.69. The molecule has 6 nitrogen and oxygen atoms in total. The van der Waals surface area contributed by atoms with Crippen molar-refractivity contribution in [1.82, 2.24) is 9.97 Å². The minimum atomic E-state index is -0.137. The van der Waals surface area contributed by atoms with E-state index in [1.807, 2.05) is 18.2 Å². The number of likely N-dealkylation sites (N-methyl/N-ethyl adjacent to an activating group) is 1. The van der Waals surface area contributed by atoms with Gasteiger partial charge in [-0.25, -0.2) is 9.97 Å². The van der Waals surface area contributed by atoms with Crippen LogP contribution in [0.3, 0.4) is 0 Å². The molecule has 0 aliphatic carbocycles. The van der Waals surface area contributed by atoms with Gasteiger partial charge in [0, 0.05) is 22.9 Å². The normalized spacial score (nSPS) is 13.2. The molecule has 4 aromatic rings. The van der Waals surface area contributed by atoms with E-state index < -0.39 is 0 Å². The van der Waals surface area contributed by atoms with Crippen LogP contribution in [-0.2, 0) is 4.79 Å². The van der Waals surface area contributed by atoms with E-state index in [0.717, 1.165) is 25.7 Å². The number of hydrogen-bond acceptors (Lipinski definition) is 7. The lowest BCUT2D eigenvalue weighted by atomic mass is 10.1. The van der Waals surface area contributed by atoms with Gasteiger partial charge in [0.05, 0.1) is 11.4 Å². The molecule has 0 unspecified atom stereocenters. The Hall–Kier alpha value is -3.23. The highest BCUT2D eigenvalue weighted by atomic mass is 32.2. The molecule has 2 aromatic heterocycles. The van der Waals surface area contributed by atoms with Crippen LogP contribution in [-0.4, -0.2) is 41.1 Å². The summed E-state index contributed by atoms with van der Waals surface area (Å²) >= 11 is 3.00. The number of ketones is 1. The molecule has 0 saturated carbocycles. The summed E-state index contributed by atoms with van der Waals surface area (Å²) in [6, 6.07) is 17.4. The van der Waals surface area contributed by atoms with Crippen LogP contribution in [0.1, 0.15) is 10.4 Å². The Labute approximate surface area is 186 Å². The van der Waals surface area contributed by atoms with Crippen molar-refractivity contribution >= 4 is 50.7 Å². The number of anilines is 1.